The third kappa shape index (κ3) is 2.78. The third-order valence-corrected chi connectivity index (χ3v) is 5.95. The molecule has 1 heterocycles. The molecule has 1 aliphatic heterocycles. The molecule has 1 atom stereocenters. The molecular formula is C18H17O3P. The number of rotatable bonds is 4. The van der Waals surface area contributed by atoms with Gasteiger partial charge in [-0.3, -0.25) is 4.57 Å². The van der Waals surface area contributed by atoms with Gasteiger partial charge in [0.15, 0.2) is 0 Å². The van der Waals surface area contributed by atoms with Crippen LogP contribution in [0.1, 0.15) is 12.5 Å². The van der Waals surface area contributed by atoms with E-state index in [0.717, 1.165) is 5.56 Å². The summed E-state index contributed by atoms with van der Waals surface area (Å²) in [6, 6.07) is 17.2. The van der Waals surface area contributed by atoms with E-state index in [0.29, 0.717) is 23.0 Å². The van der Waals surface area contributed by atoms with Gasteiger partial charge in [0.05, 0.1) is 17.2 Å². The van der Waals surface area contributed by atoms with Gasteiger partial charge in [0, 0.05) is 0 Å². The van der Waals surface area contributed by atoms with Crippen LogP contribution in [0.25, 0.3) is 6.08 Å². The Morgan fingerprint density at radius 3 is 2.55 bits per heavy atom. The summed E-state index contributed by atoms with van der Waals surface area (Å²) < 4.78 is 24.6. The Morgan fingerprint density at radius 2 is 1.77 bits per heavy atom. The van der Waals surface area contributed by atoms with Gasteiger partial charge in [-0.15, -0.1) is 0 Å². The summed E-state index contributed by atoms with van der Waals surface area (Å²) >= 11 is 0. The topological polar surface area (TPSA) is 35.5 Å². The van der Waals surface area contributed by atoms with Crippen molar-refractivity contribution in [2.45, 2.75) is 6.92 Å². The van der Waals surface area contributed by atoms with Gasteiger partial charge < -0.3 is 9.26 Å². The Morgan fingerprint density at radius 1 is 1.05 bits per heavy atom. The second kappa shape index (κ2) is 6.35. The predicted molar refractivity (Wildman–Crippen MR) is 89.5 cm³/mol. The first-order valence-corrected chi connectivity index (χ1v) is 8.81. The predicted octanol–water partition coefficient (Wildman–Crippen LogP) is 4.57. The third-order valence-electron chi connectivity index (χ3n) is 3.39. The lowest BCUT2D eigenvalue weighted by Crippen LogP contribution is -2.16. The minimum atomic E-state index is -3.10. The Balaban J connectivity index is 1.99. The molecule has 0 amide bonds. The molecule has 3 rings (SSSR count). The first kappa shape index (κ1) is 14.8. The molecule has 1 aliphatic rings. The molecule has 112 valence electrons. The van der Waals surface area contributed by atoms with Crippen LogP contribution in [-0.4, -0.2) is 6.61 Å². The van der Waals surface area contributed by atoms with E-state index in [1.54, 1.807) is 12.1 Å². The summed E-state index contributed by atoms with van der Waals surface area (Å²) in [4.78, 5) is 0. The molecule has 22 heavy (non-hydrogen) atoms. The molecular weight excluding hydrogens is 295 g/mol. The minimum absolute atomic E-state index is 0.377. The zero-order chi connectivity index (χ0) is 15.4. The monoisotopic (exact) mass is 312 g/mol. The molecule has 3 nitrogen and oxygen atoms in total. The Kier molecular flexibility index (Phi) is 4.28. The fourth-order valence-corrected chi connectivity index (χ4v) is 4.43. The lowest BCUT2D eigenvalue weighted by Gasteiger charge is -2.25. The number of hydrogen-bond donors (Lipinski definition) is 0. The van der Waals surface area contributed by atoms with Crippen molar-refractivity contribution >= 4 is 18.7 Å². The van der Waals surface area contributed by atoms with Crippen LogP contribution in [0.15, 0.2) is 72.2 Å². The normalized spacial score (nSPS) is 20.3. The van der Waals surface area contributed by atoms with E-state index in [1.807, 2.05) is 61.5 Å². The van der Waals surface area contributed by atoms with E-state index in [4.69, 9.17) is 9.26 Å². The number of hydrogen-bond acceptors (Lipinski definition) is 3. The van der Waals surface area contributed by atoms with Gasteiger partial charge in [0.25, 0.3) is 7.37 Å². The smallest absolute Gasteiger partial charge is 0.268 e. The van der Waals surface area contributed by atoms with E-state index in [2.05, 4.69) is 0 Å². The Hall–Kier alpha value is -2.09. The highest BCUT2D eigenvalue weighted by Gasteiger charge is 2.35. The molecule has 0 aliphatic carbocycles. The van der Waals surface area contributed by atoms with Crippen molar-refractivity contribution in [2.24, 2.45) is 0 Å². The van der Waals surface area contributed by atoms with Crippen LogP contribution in [0.3, 0.4) is 0 Å². The molecule has 4 heteroatoms. The second-order valence-corrected chi connectivity index (χ2v) is 7.20. The summed E-state index contributed by atoms with van der Waals surface area (Å²) in [7, 11) is -3.10. The SMILES string of the molecule is CCOP1(=O)C(/C=C/c2ccccc2)=COc2ccccc21. The molecule has 0 aromatic heterocycles. The average molecular weight is 312 g/mol. The highest BCUT2D eigenvalue weighted by atomic mass is 31.2. The standard InChI is InChI=1S/C18H17O3P/c1-2-21-22(19)16(13-12-15-8-4-3-5-9-15)14-20-17-10-6-7-11-18(17)22/h3-14H,2H2,1H3/b13-12+. The number of allylic oxidation sites excluding steroid dienone is 2. The second-order valence-electron chi connectivity index (χ2n) is 4.84. The van der Waals surface area contributed by atoms with Crippen molar-refractivity contribution in [3.05, 3.63) is 77.8 Å². The van der Waals surface area contributed by atoms with Crippen LogP contribution < -0.4 is 10.0 Å². The summed E-state index contributed by atoms with van der Waals surface area (Å²) in [5, 5.41) is 1.18. The molecule has 0 saturated carbocycles. The quantitative estimate of drug-likeness (QED) is 0.776. The summed E-state index contributed by atoms with van der Waals surface area (Å²) in [5.74, 6) is 0.594. The molecule has 1 unspecified atom stereocenters. The molecule has 0 saturated heterocycles. The molecule has 0 spiro atoms. The Bertz CT molecular complexity index is 763. The molecule has 0 N–H and O–H groups in total. The van der Waals surface area contributed by atoms with Crippen molar-refractivity contribution < 1.29 is 13.8 Å². The summed E-state index contributed by atoms with van der Waals surface area (Å²) in [5.41, 5.74) is 1.03. The Labute approximate surface area is 130 Å². The maximum atomic E-state index is 13.4. The van der Waals surface area contributed by atoms with Gasteiger partial charge in [-0.05, 0) is 30.7 Å². The van der Waals surface area contributed by atoms with Crippen molar-refractivity contribution in [2.75, 3.05) is 6.61 Å². The largest absolute Gasteiger partial charge is 0.463 e. The fraction of sp³-hybridized carbons (Fsp3) is 0.111. The number of benzene rings is 2. The molecule has 2 aromatic rings. The van der Waals surface area contributed by atoms with E-state index in [1.165, 1.54) is 6.26 Å². The summed E-state index contributed by atoms with van der Waals surface area (Å²) in [6.07, 6.45) is 5.24. The van der Waals surface area contributed by atoms with Gasteiger partial charge in [0.1, 0.15) is 12.0 Å². The molecule has 2 aromatic carbocycles. The van der Waals surface area contributed by atoms with Gasteiger partial charge in [0.2, 0.25) is 0 Å². The van der Waals surface area contributed by atoms with Gasteiger partial charge >= 0.3 is 0 Å². The van der Waals surface area contributed by atoms with Crippen molar-refractivity contribution in [3.63, 3.8) is 0 Å². The first-order valence-electron chi connectivity index (χ1n) is 7.19. The van der Waals surface area contributed by atoms with Crippen molar-refractivity contribution in [1.82, 2.24) is 0 Å². The van der Waals surface area contributed by atoms with E-state index in [9.17, 15) is 4.57 Å². The molecule has 0 fully saturated rings. The molecule has 0 bridgehead atoms. The van der Waals surface area contributed by atoms with Crippen LogP contribution in [0.2, 0.25) is 0 Å². The maximum absolute atomic E-state index is 13.4. The zero-order valence-corrected chi connectivity index (χ0v) is 13.2. The van der Waals surface area contributed by atoms with Crippen LogP contribution >= 0.6 is 7.37 Å². The van der Waals surface area contributed by atoms with Crippen LogP contribution in [-0.2, 0) is 9.09 Å². The van der Waals surface area contributed by atoms with Gasteiger partial charge in [-0.2, -0.15) is 0 Å². The highest BCUT2D eigenvalue weighted by molar-refractivity contribution is 7.71. The average Bonchev–Trinajstić information content (AvgIpc) is 2.56. The summed E-state index contributed by atoms with van der Waals surface area (Å²) in [6.45, 7) is 2.22. The van der Waals surface area contributed by atoms with Crippen molar-refractivity contribution in [3.8, 4) is 5.75 Å². The number of ether oxygens (including phenoxy) is 1. The van der Waals surface area contributed by atoms with Gasteiger partial charge in [-0.25, -0.2) is 0 Å². The van der Waals surface area contributed by atoms with Crippen LogP contribution in [0.5, 0.6) is 5.75 Å². The van der Waals surface area contributed by atoms with E-state index in [-0.39, 0.29) is 0 Å². The van der Waals surface area contributed by atoms with Crippen LogP contribution in [0, 0.1) is 0 Å². The number of para-hydroxylation sites is 1. The lowest BCUT2D eigenvalue weighted by molar-refractivity contribution is 0.342. The highest BCUT2D eigenvalue weighted by Crippen LogP contribution is 2.58. The zero-order valence-electron chi connectivity index (χ0n) is 12.3. The van der Waals surface area contributed by atoms with Gasteiger partial charge in [-0.1, -0.05) is 48.5 Å². The fourth-order valence-electron chi connectivity index (χ4n) is 2.34. The minimum Gasteiger partial charge on any atom is -0.463 e. The lowest BCUT2D eigenvalue weighted by atomic mass is 10.2. The maximum Gasteiger partial charge on any atom is 0.268 e. The van der Waals surface area contributed by atoms with E-state index >= 15 is 0 Å². The molecule has 0 radical (unpaired) electrons. The van der Waals surface area contributed by atoms with Crippen molar-refractivity contribution in [1.29, 1.82) is 0 Å². The van der Waals surface area contributed by atoms with E-state index < -0.39 is 7.37 Å². The number of fused-ring (bicyclic) bond motifs is 1. The van der Waals surface area contributed by atoms with Crippen LogP contribution in [0.4, 0.5) is 0 Å². The first-order chi connectivity index (χ1) is 10.7.